The maximum absolute atomic E-state index is 13.1. The van der Waals surface area contributed by atoms with Crippen LogP contribution in [-0.4, -0.2) is 54.6 Å². The highest BCUT2D eigenvalue weighted by Gasteiger charge is 2.36. The third-order valence-electron chi connectivity index (χ3n) is 5.20. The van der Waals surface area contributed by atoms with E-state index < -0.39 is 15.7 Å². The van der Waals surface area contributed by atoms with Crippen molar-refractivity contribution >= 4 is 48.3 Å². The topological polar surface area (TPSA) is 120 Å². The molecule has 1 saturated heterocycles. The van der Waals surface area contributed by atoms with E-state index in [4.69, 9.17) is 9.57 Å². The van der Waals surface area contributed by atoms with Crippen molar-refractivity contribution in [3.8, 4) is 0 Å². The first kappa shape index (κ1) is 21.0. The smallest absolute Gasteiger partial charge is 0.280 e. The zero-order valence-corrected chi connectivity index (χ0v) is 18.6. The Balaban J connectivity index is 1.41. The van der Waals surface area contributed by atoms with Crippen molar-refractivity contribution in [2.24, 2.45) is 5.16 Å². The summed E-state index contributed by atoms with van der Waals surface area (Å²) in [6.45, 7) is 0.981. The Kier molecular flexibility index (Phi) is 5.62. The largest absolute Gasteiger partial charge is 0.389 e. The molecule has 0 bridgehead atoms. The molecule has 9 nitrogen and oxygen atoms in total. The molecule has 0 radical (unpaired) electrons. The molecule has 2 aromatic heterocycles. The van der Waals surface area contributed by atoms with Crippen LogP contribution in [0.4, 0.5) is 5.13 Å². The number of carbonyl (C=O) groups excluding carboxylic acids is 1. The van der Waals surface area contributed by atoms with Gasteiger partial charge in [-0.05, 0) is 37.1 Å². The van der Waals surface area contributed by atoms with Crippen LogP contribution in [0, 0.1) is 0 Å². The molecule has 1 atom stereocenters. The summed E-state index contributed by atoms with van der Waals surface area (Å²) in [7, 11) is -3.32. The molecule has 1 aromatic carbocycles. The number of benzene rings is 1. The lowest BCUT2D eigenvalue weighted by Crippen LogP contribution is -2.25. The number of nitrogens with one attached hydrogen (secondary N) is 1. The number of pyridine rings is 1. The number of hydrogen-bond acceptors (Lipinski definition) is 9. The zero-order valence-electron chi connectivity index (χ0n) is 16.9. The summed E-state index contributed by atoms with van der Waals surface area (Å²) < 4.78 is 30.2. The fourth-order valence-corrected chi connectivity index (χ4v) is 5.76. The standard InChI is InChI=1S/C21H20N4O5S2/c26-19(24-21-23-17-2-1-10-22-20(17)31-21)18(25-30-14-9-11-29-12-14)13-3-5-15(6-4-13)32(27,28)16-7-8-16/h1-6,10,14,16H,7-9,11-12H2,(H,23,24,26)/b25-18+/t14-/m1/s1. The molecule has 0 unspecified atom stereocenters. The summed E-state index contributed by atoms with van der Waals surface area (Å²) in [6, 6.07) is 9.74. The second-order valence-electron chi connectivity index (χ2n) is 7.60. The van der Waals surface area contributed by atoms with Gasteiger partial charge in [-0.1, -0.05) is 28.6 Å². The summed E-state index contributed by atoms with van der Waals surface area (Å²) in [5.74, 6) is -0.513. The molecule has 1 amide bonds. The van der Waals surface area contributed by atoms with Crippen molar-refractivity contribution in [2.75, 3.05) is 18.5 Å². The molecule has 0 spiro atoms. The van der Waals surface area contributed by atoms with E-state index in [1.165, 1.54) is 23.5 Å². The van der Waals surface area contributed by atoms with Crippen LogP contribution in [0.1, 0.15) is 24.8 Å². The van der Waals surface area contributed by atoms with Gasteiger partial charge in [0.1, 0.15) is 10.3 Å². The summed E-state index contributed by atoms with van der Waals surface area (Å²) in [5, 5.41) is 6.93. The molecule has 1 N–H and O–H groups in total. The summed E-state index contributed by atoms with van der Waals surface area (Å²) >= 11 is 1.25. The lowest BCUT2D eigenvalue weighted by Gasteiger charge is -2.10. The molecule has 1 saturated carbocycles. The molecular formula is C21H20N4O5S2. The van der Waals surface area contributed by atoms with Crippen LogP contribution in [0.5, 0.6) is 0 Å². The number of thiazole rings is 1. The normalized spacial score (nSPS) is 19.2. The molecule has 11 heteroatoms. The van der Waals surface area contributed by atoms with Crippen molar-refractivity contribution in [1.29, 1.82) is 0 Å². The van der Waals surface area contributed by atoms with Crippen LogP contribution < -0.4 is 5.32 Å². The number of hydrogen-bond donors (Lipinski definition) is 1. The van der Waals surface area contributed by atoms with E-state index in [1.807, 2.05) is 6.07 Å². The zero-order chi connectivity index (χ0) is 22.1. The SMILES string of the molecule is O=C(Nc1nc2cccnc2s1)/C(=N/O[C@@H]1CCOC1)c1ccc(S(=O)(=O)C2CC2)cc1. The van der Waals surface area contributed by atoms with E-state index >= 15 is 0 Å². The maximum Gasteiger partial charge on any atom is 0.280 e. The highest BCUT2D eigenvalue weighted by Crippen LogP contribution is 2.33. The molecule has 3 heterocycles. The van der Waals surface area contributed by atoms with E-state index in [0.717, 1.165) is 0 Å². The first-order valence-corrected chi connectivity index (χ1v) is 12.6. The van der Waals surface area contributed by atoms with Gasteiger partial charge < -0.3 is 9.57 Å². The van der Waals surface area contributed by atoms with Crippen LogP contribution in [0.25, 0.3) is 10.3 Å². The molecule has 3 aromatic rings. The van der Waals surface area contributed by atoms with Crippen LogP contribution >= 0.6 is 11.3 Å². The minimum atomic E-state index is -3.32. The minimum Gasteiger partial charge on any atom is -0.389 e. The Morgan fingerprint density at radius 2 is 2.00 bits per heavy atom. The van der Waals surface area contributed by atoms with Gasteiger partial charge in [-0.15, -0.1) is 0 Å². The Labute approximate surface area is 188 Å². The quantitative estimate of drug-likeness (QED) is 0.415. The van der Waals surface area contributed by atoms with Gasteiger partial charge in [0.15, 0.2) is 26.8 Å². The fraction of sp³-hybridized carbons (Fsp3) is 0.333. The molecule has 5 rings (SSSR count). The first-order chi connectivity index (χ1) is 15.5. The van der Waals surface area contributed by atoms with Crippen molar-refractivity contribution < 1.29 is 22.8 Å². The van der Waals surface area contributed by atoms with Gasteiger partial charge in [0.25, 0.3) is 5.91 Å². The molecular weight excluding hydrogens is 452 g/mol. The van der Waals surface area contributed by atoms with Crippen molar-refractivity contribution in [1.82, 2.24) is 9.97 Å². The third kappa shape index (κ3) is 4.36. The van der Waals surface area contributed by atoms with E-state index in [0.29, 0.717) is 53.5 Å². The number of nitrogens with zero attached hydrogens (tertiary/aromatic N) is 3. The van der Waals surface area contributed by atoms with Crippen LogP contribution in [0.2, 0.25) is 0 Å². The average Bonchev–Trinajstić information content (AvgIpc) is 3.39. The monoisotopic (exact) mass is 472 g/mol. The Hall–Kier alpha value is -2.89. The summed E-state index contributed by atoms with van der Waals surface area (Å²) in [6.07, 6.45) is 3.48. The van der Waals surface area contributed by atoms with E-state index in [-0.39, 0.29) is 22.0 Å². The van der Waals surface area contributed by atoms with Crippen molar-refractivity contribution in [3.63, 3.8) is 0 Å². The van der Waals surface area contributed by atoms with Gasteiger partial charge in [-0.25, -0.2) is 18.4 Å². The number of fused-ring (bicyclic) bond motifs is 1. The van der Waals surface area contributed by atoms with Gasteiger partial charge in [0.2, 0.25) is 0 Å². The number of sulfone groups is 1. The van der Waals surface area contributed by atoms with Gasteiger partial charge >= 0.3 is 0 Å². The van der Waals surface area contributed by atoms with Crippen LogP contribution in [-0.2, 0) is 24.2 Å². The predicted octanol–water partition coefficient (Wildman–Crippen LogP) is 2.78. The molecule has 2 aliphatic rings. The minimum absolute atomic E-state index is 0.0273. The number of rotatable bonds is 7. The summed E-state index contributed by atoms with van der Waals surface area (Å²) in [4.78, 5) is 28.2. The number of carbonyl (C=O) groups is 1. The number of aromatic nitrogens is 2. The fourth-order valence-electron chi connectivity index (χ4n) is 3.30. The van der Waals surface area contributed by atoms with Crippen LogP contribution in [0.3, 0.4) is 0 Å². The van der Waals surface area contributed by atoms with E-state index in [1.54, 1.807) is 24.4 Å². The van der Waals surface area contributed by atoms with Gasteiger partial charge in [-0.3, -0.25) is 10.1 Å². The second-order valence-corrected chi connectivity index (χ2v) is 10.8. The summed E-state index contributed by atoms with van der Waals surface area (Å²) in [5.41, 5.74) is 1.15. The Morgan fingerprint density at radius 3 is 2.69 bits per heavy atom. The maximum atomic E-state index is 13.1. The van der Waals surface area contributed by atoms with Gasteiger partial charge in [0, 0.05) is 18.2 Å². The number of oxime groups is 1. The van der Waals surface area contributed by atoms with Gasteiger partial charge in [0.05, 0.1) is 23.4 Å². The Bertz CT molecular complexity index is 1240. The molecule has 32 heavy (non-hydrogen) atoms. The van der Waals surface area contributed by atoms with Crippen molar-refractivity contribution in [3.05, 3.63) is 48.2 Å². The molecule has 1 aliphatic heterocycles. The Morgan fingerprint density at radius 1 is 1.19 bits per heavy atom. The van der Waals surface area contributed by atoms with E-state index in [9.17, 15) is 13.2 Å². The van der Waals surface area contributed by atoms with Crippen molar-refractivity contribution in [2.45, 2.75) is 35.5 Å². The lowest BCUT2D eigenvalue weighted by molar-refractivity contribution is -0.110. The van der Waals surface area contributed by atoms with Gasteiger partial charge in [-0.2, -0.15) is 0 Å². The first-order valence-electron chi connectivity index (χ1n) is 10.2. The lowest BCUT2D eigenvalue weighted by atomic mass is 10.1. The number of anilines is 1. The molecule has 1 aliphatic carbocycles. The average molecular weight is 473 g/mol. The molecule has 2 fully saturated rings. The van der Waals surface area contributed by atoms with Crippen LogP contribution in [0.15, 0.2) is 52.6 Å². The number of ether oxygens (including phenoxy) is 1. The molecule has 166 valence electrons. The van der Waals surface area contributed by atoms with E-state index in [2.05, 4.69) is 20.4 Å². The number of amides is 1. The third-order valence-corrected chi connectivity index (χ3v) is 8.38. The highest BCUT2D eigenvalue weighted by atomic mass is 32.2. The second kappa shape index (κ2) is 8.57. The predicted molar refractivity (Wildman–Crippen MR) is 120 cm³/mol. The highest BCUT2D eigenvalue weighted by molar-refractivity contribution is 7.92.